The summed E-state index contributed by atoms with van der Waals surface area (Å²) in [7, 11) is 3.05. The lowest BCUT2D eigenvalue weighted by Crippen LogP contribution is -2.09. The lowest BCUT2D eigenvalue weighted by Gasteiger charge is -2.17. The highest BCUT2D eigenvalue weighted by Gasteiger charge is 2.20. The van der Waals surface area contributed by atoms with Gasteiger partial charge < -0.3 is 14.8 Å². The molecule has 2 aromatic carbocycles. The van der Waals surface area contributed by atoms with E-state index in [0.29, 0.717) is 22.1 Å². The highest BCUT2D eigenvalue weighted by molar-refractivity contribution is 6.33. The summed E-state index contributed by atoms with van der Waals surface area (Å²) in [5.41, 5.74) is 1.48. The van der Waals surface area contributed by atoms with Gasteiger partial charge in [0.1, 0.15) is 6.04 Å². The van der Waals surface area contributed by atoms with E-state index in [0.717, 1.165) is 5.69 Å². The molecule has 0 radical (unpaired) electrons. The highest BCUT2D eigenvalue weighted by atomic mass is 35.5. The Morgan fingerprint density at radius 3 is 2.38 bits per heavy atom. The van der Waals surface area contributed by atoms with Crippen LogP contribution in [0.15, 0.2) is 42.5 Å². The Kier molecular flexibility index (Phi) is 4.91. The van der Waals surface area contributed by atoms with E-state index in [4.69, 9.17) is 21.1 Å². The van der Waals surface area contributed by atoms with Gasteiger partial charge in [-0.3, -0.25) is 0 Å². The summed E-state index contributed by atoms with van der Waals surface area (Å²) >= 11 is 6.34. The van der Waals surface area contributed by atoms with Crippen molar-refractivity contribution in [1.82, 2.24) is 0 Å². The first-order chi connectivity index (χ1) is 10.2. The fraction of sp³-hybridized carbons (Fsp3) is 0.188. The molecular formula is C16H15ClN2O2. The van der Waals surface area contributed by atoms with Gasteiger partial charge in [-0.25, -0.2) is 0 Å². The highest BCUT2D eigenvalue weighted by Crippen LogP contribution is 2.40. The fourth-order valence-corrected chi connectivity index (χ4v) is 2.35. The minimum Gasteiger partial charge on any atom is -0.493 e. The molecule has 0 saturated heterocycles. The Bertz CT molecular complexity index is 653. The molecule has 0 heterocycles. The number of hydrogen-bond acceptors (Lipinski definition) is 4. The van der Waals surface area contributed by atoms with Crippen molar-refractivity contribution >= 4 is 17.3 Å². The molecule has 0 aromatic heterocycles. The molecule has 1 atom stereocenters. The van der Waals surface area contributed by atoms with Crippen LogP contribution in [-0.2, 0) is 0 Å². The second-order valence-electron chi connectivity index (χ2n) is 4.28. The van der Waals surface area contributed by atoms with Gasteiger partial charge in [-0.15, -0.1) is 0 Å². The second-order valence-corrected chi connectivity index (χ2v) is 4.65. The number of halogens is 1. The predicted octanol–water partition coefficient (Wildman–Crippen LogP) is 4.03. The average Bonchev–Trinajstić information content (AvgIpc) is 2.53. The molecule has 0 aliphatic rings. The molecule has 0 bridgehead atoms. The molecule has 108 valence electrons. The molecule has 0 fully saturated rings. The Hall–Kier alpha value is -2.38. The maximum Gasteiger partial charge on any atom is 0.179 e. The monoisotopic (exact) mass is 302 g/mol. The van der Waals surface area contributed by atoms with Crippen LogP contribution in [0.1, 0.15) is 11.6 Å². The van der Waals surface area contributed by atoms with Crippen molar-refractivity contribution < 1.29 is 9.47 Å². The van der Waals surface area contributed by atoms with Crippen molar-refractivity contribution in [3.8, 4) is 17.6 Å². The lowest BCUT2D eigenvalue weighted by molar-refractivity contribution is 0.354. The maximum absolute atomic E-state index is 9.41. The summed E-state index contributed by atoms with van der Waals surface area (Å²) in [6.07, 6.45) is 0. The first-order valence-corrected chi connectivity index (χ1v) is 6.70. The molecule has 5 heteroatoms. The molecule has 2 rings (SSSR count). The second kappa shape index (κ2) is 6.87. The standard InChI is InChI=1S/C16H15ClN2O2/c1-20-14-9-8-12(15(17)16(14)21-2)13(10-18)19-11-6-4-3-5-7-11/h3-9,13,19H,1-2H3. The lowest BCUT2D eigenvalue weighted by atomic mass is 10.1. The van der Waals surface area contributed by atoms with Crippen molar-refractivity contribution in [2.24, 2.45) is 0 Å². The normalized spacial score (nSPS) is 11.3. The van der Waals surface area contributed by atoms with Gasteiger partial charge in [-0.05, 0) is 18.2 Å². The molecule has 0 saturated carbocycles. The van der Waals surface area contributed by atoms with E-state index >= 15 is 0 Å². The van der Waals surface area contributed by atoms with E-state index in [2.05, 4.69) is 11.4 Å². The number of hydrogen-bond donors (Lipinski definition) is 1. The number of para-hydroxylation sites is 1. The third kappa shape index (κ3) is 3.21. The Labute approximate surface area is 128 Å². The van der Waals surface area contributed by atoms with Crippen LogP contribution in [0.5, 0.6) is 11.5 Å². The number of anilines is 1. The van der Waals surface area contributed by atoms with Gasteiger partial charge in [0.25, 0.3) is 0 Å². The third-order valence-electron chi connectivity index (χ3n) is 3.04. The van der Waals surface area contributed by atoms with Crippen molar-refractivity contribution in [2.45, 2.75) is 6.04 Å². The summed E-state index contributed by atoms with van der Waals surface area (Å²) in [5.74, 6) is 0.953. The SMILES string of the molecule is COc1ccc(C(C#N)Nc2ccccc2)c(Cl)c1OC. The van der Waals surface area contributed by atoms with Crippen molar-refractivity contribution in [2.75, 3.05) is 19.5 Å². The third-order valence-corrected chi connectivity index (χ3v) is 3.43. The minimum absolute atomic E-state index is 0.367. The van der Waals surface area contributed by atoms with Gasteiger partial charge in [0, 0.05) is 11.3 Å². The minimum atomic E-state index is -0.584. The maximum atomic E-state index is 9.41. The Balaban J connectivity index is 2.37. The Morgan fingerprint density at radius 1 is 1.10 bits per heavy atom. The summed E-state index contributed by atoms with van der Waals surface area (Å²) in [6.45, 7) is 0. The van der Waals surface area contributed by atoms with Gasteiger partial charge in [0.2, 0.25) is 0 Å². The zero-order valence-electron chi connectivity index (χ0n) is 11.8. The van der Waals surface area contributed by atoms with Crippen LogP contribution in [-0.4, -0.2) is 14.2 Å². The molecule has 1 N–H and O–H groups in total. The van der Waals surface area contributed by atoms with Gasteiger partial charge in [0.15, 0.2) is 11.5 Å². The van der Waals surface area contributed by atoms with Gasteiger partial charge in [-0.2, -0.15) is 5.26 Å². The quantitative estimate of drug-likeness (QED) is 0.906. The van der Waals surface area contributed by atoms with E-state index < -0.39 is 6.04 Å². The van der Waals surface area contributed by atoms with Crippen LogP contribution in [0.4, 0.5) is 5.69 Å². The van der Waals surface area contributed by atoms with Crippen LogP contribution in [0.25, 0.3) is 0 Å². The van der Waals surface area contributed by atoms with Gasteiger partial charge >= 0.3 is 0 Å². The molecule has 0 amide bonds. The topological polar surface area (TPSA) is 54.3 Å². The zero-order chi connectivity index (χ0) is 15.2. The first kappa shape index (κ1) is 15.0. The fourth-order valence-electron chi connectivity index (χ4n) is 2.01. The van der Waals surface area contributed by atoms with Crippen LogP contribution in [0.3, 0.4) is 0 Å². The number of methoxy groups -OCH3 is 2. The Morgan fingerprint density at radius 2 is 1.81 bits per heavy atom. The number of nitrogens with one attached hydrogen (secondary N) is 1. The van der Waals surface area contributed by atoms with Crippen LogP contribution < -0.4 is 14.8 Å². The van der Waals surface area contributed by atoms with Crippen LogP contribution >= 0.6 is 11.6 Å². The molecular weight excluding hydrogens is 288 g/mol. The molecule has 0 aliphatic heterocycles. The average molecular weight is 303 g/mol. The van der Waals surface area contributed by atoms with E-state index in [9.17, 15) is 5.26 Å². The predicted molar refractivity (Wildman–Crippen MR) is 83.0 cm³/mol. The molecule has 2 aromatic rings. The number of benzene rings is 2. The van der Waals surface area contributed by atoms with Crippen molar-refractivity contribution in [3.05, 3.63) is 53.1 Å². The van der Waals surface area contributed by atoms with Crippen molar-refractivity contribution in [3.63, 3.8) is 0 Å². The molecule has 21 heavy (non-hydrogen) atoms. The first-order valence-electron chi connectivity index (χ1n) is 6.32. The molecule has 0 spiro atoms. The van der Waals surface area contributed by atoms with Gasteiger partial charge in [-0.1, -0.05) is 35.9 Å². The summed E-state index contributed by atoms with van der Waals surface area (Å²) in [5, 5.41) is 12.9. The zero-order valence-corrected chi connectivity index (χ0v) is 12.5. The van der Waals surface area contributed by atoms with E-state index in [-0.39, 0.29) is 0 Å². The molecule has 1 unspecified atom stereocenters. The largest absolute Gasteiger partial charge is 0.493 e. The summed E-state index contributed by atoms with van der Waals surface area (Å²) < 4.78 is 10.4. The number of nitriles is 1. The van der Waals surface area contributed by atoms with Gasteiger partial charge in [0.05, 0.1) is 25.3 Å². The molecule has 0 aliphatic carbocycles. The van der Waals surface area contributed by atoms with E-state index in [1.165, 1.54) is 14.2 Å². The summed E-state index contributed by atoms with van der Waals surface area (Å²) in [6, 6.07) is 14.6. The van der Waals surface area contributed by atoms with Crippen molar-refractivity contribution in [1.29, 1.82) is 5.26 Å². The van der Waals surface area contributed by atoms with Crippen LogP contribution in [0, 0.1) is 11.3 Å². The number of ether oxygens (including phenoxy) is 2. The molecule has 4 nitrogen and oxygen atoms in total. The van der Waals surface area contributed by atoms with E-state index in [1.54, 1.807) is 12.1 Å². The number of nitrogens with zero attached hydrogens (tertiary/aromatic N) is 1. The number of rotatable bonds is 5. The van der Waals surface area contributed by atoms with E-state index in [1.807, 2.05) is 30.3 Å². The van der Waals surface area contributed by atoms with Crippen LogP contribution in [0.2, 0.25) is 5.02 Å². The summed E-state index contributed by atoms with van der Waals surface area (Å²) in [4.78, 5) is 0. The smallest absolute Gasteiger partial charge is 0.179 e.